The third-order valence-electron chi connectivity index (χ3n) is 7.28. The number of likely N-dealkylation sites (N-methyl/N-ethyl adjacent to an activating group) is 1. The van der Waals surface area contributed by atoms with E-state index < -0.39 is 38.2 Å². The highest BCUT2D eigenvalue weighted by Gasteiger charge is 2.26. The van der Waals surface area contributed by atoms with Crippen LogP contribution >= 0.6 is 0 Å². The molecule has 12 nitrogen and oxygen atoms in total. The van der Waals surface area contributed by atoms with Gasteiger partial charge in [-0.25, -0.2) is 27.6 Å². The molecule has 6 rings (SSSR count). The summed E-state index contributed by atoms with van der Waals surface area (Å²) in [5.74, 6) is -3.07. The summed E-state index contributed by atoms with van der Waals surface area (Å²) in [6.45, 7) is 2.87. The summed E-state index contributed by atoms with van der Waals surface area (Å²) in [5, 5.41) is 7.33. The van der Waals surface area contributed by atoms with Crippen molar-refractivity contribution in [3.63, 3.8) is 0 Å². The summed E-state index contributed by atoms with van der Waals surface area (Å²) in [6.07, 6.45) is 4.31. The van der Waals surface area contributed by atoms with Crippen molar-refractivity contribution in [2.24, 2.45) is 0 Å². The van der Waals surface area contributed by atoms with E-state index in [9.17, 15) is 26.8 Å². The van der Waals surface area contributed by atoms with Crippen LogP contribution in [0, 0.1) is 11.6 Å². The van der Waals surface area contributed by atoms with E-state index in [1.807, 2.05) is 7.05 Å². The highest BCUT2D eigenvalue weighted by molar-refractivity contribution is 7.91. The van der Waals surface area contributed by atoms with Crippen molar-refractivity contribution in [1.82, 2.24) is 24.8 Å². The van der Waals surface area contributed by atoms with Gasteiger partial charge in [-0.3, -0.25) is 9.59 Å². The minimum atomic E-state index is -4.25. The molecule has 226 valence electrons. The van der Waals surface area contributed by atoms with Gasteiger partial charge in [0.15, 0.2) is 5.82 Å². The third-order valence-corrected chi connectivity index (χ3v) is 9.01. The summed E-state index contributed by atoms with van der Waals surface area (Å²) in [7, 11) is -2.24. The maximum Gasteiger partial charge on any atom is 0.291 e. The number of hydrogen-bond donors (Lipinski definition) is 3. The number of hydrogen-bond acceptors (Lipinski definition) is 8. The van der Waals surface area contributed by atoms with Gasteiger partial charge in [-0.05, 0) is 49.5 Å². The van der Waals surface area contributed by atoms with Gasteiger partial charge >= 0.3 is 0 Å². The van der Waals surface area contributed by atoms with Crippen LogP contribution in [0.3, 0.4) is 0 Å². The normalized spacial score (nSPS) is 14.1. The van der Waals surface area contributed by atoms with Crippen LogP contribution in [0.4, 0.5) is 20.2 Å². The Kier molecular flexibility index (Phi) is 7.57. The molecule has 1 fully saturated rings. The summed E-state index contributed by atoms with van der Waals surface area (Å²) in [5.41, 5.74) is 4.16. The van der Waals surface area contributed by atoms with Gasteiger partial charge in [0.05, 0.1) is 38.4 Å². The number of carbonyl (C=O) groups is 2. The van der Waals surface area contributed by atoms with Gasteiger partial charge < -0.3 is 20.1 Å². The predicted octanol–water partition coefficient (Wildman–Crippen LogP) is 3.26. The molecule has 3 N–H and O–H groups in total. The zero-order chi connectivity index (χ0) is 31.0. The number of halogens is 2. The van der Waals surface area contributed by atoms with E-state index in [0.717, 1.165) is 25.2 Å². The molecule has 1 saturated heterocycles. The molecule has 0 radical (unpaired) electrons. The molecule has 5 aromatic rings. The quantitative estimate of drug-likeness (QED) is 0.252. The summed E-state index contributed by atoms with van der Waals surface area (Å²) in [6, 6.07) is 11.2. The van der Waals surface area contributed by atoms with Crippen LogP contribution in [-0.2, 0) is 9.84 Å². The second-order valence-corrected chi connectivity index (χ2v) is 12.2. The number of amides is 2. The minimum Gasteiger partial charge on any atom is -0.368 e. The lowest BCUT2D eigenvalue weighted by molar-refractivity contribution is 0.101. The Bertz CT molecular complexity index is 1970. The number of aromatic amines is 1. The van der Waals surface area contributed by atoms with E-state index in [0.29, 0.717) is 35.7 Å². The molecule has 0 spiro atoms. The van der Waals surface area contributed by atoms with Gasteiger partial charge in [0, 0.05) is 50.0 Å². The lowest BCUT2D eigenvalue weighted by Crippen LogP contribution is -2.45. The molecule has 2 aromatic heterocycles. The standard InChI is InChI=1S/C29H26F2N8O4S/c1-37-9-11-38(12-10-37)25-4-2-3-23(35-29(41)27-32-7-8-33-27)26(25)28(40)36-39-24-6-5-21(13-18(24)17-34-39)44(42,43)22-15-19(30)14-20(31)16-22/h2-8,13-17H,9-12H2,1H3,(H,32,33)(H,35,41)(H,36,40). The van der Waals surface area contributed by atoms with Crippen molar-refractivity contribution in [1.29, 1.82) is 0 Å². The van der Waals surface area contributed by atoms with Crippen molar-refractivity contribution < 1.29 is 26.8 Å². The Balaban J connectivity index is 1.33. The first-order chi connectivity index (χ1) is 21.1. The highest BCUT2D eigenvalue weighted by Crippen LogP contribution is 2.30. The fourth-order valence-electron chi connectivity index (χ4n) is 5.00. The molecule has 1 aliphatic rings. The Labute approximate surface area is 250 Å². The molecular weight excluding hydrogens is 594 g/mol. The smallest absolute Gasteiger partial charge is 0.291 e. The van der Waals surface area contributed by atoms with E-state index in [1.54, 1.807) is 18.2 Å². The molecule has 0 bridgehead atoms. The molecule has 0 aliphatic carbocycles. The predicted molar refractivity (Wildman–Crippen MR) is 158 cm³/mol. The third kappa shape index (κ3) is 5.61. The van der Waals surface area contributed by atoms with Crippen molar-refractivity contribution in [3.8, 4) is 0 Å². The summed E-state index contributed by atoms with van der Waals surface area (Å²) >= 11 is 0. The molecule has 44 heavy (non-hydrogen) atoms. The monoisotopic (exact) mass is 620 g/mol. The SMILES string of the molecule is CN1CCN(c2cccc(NC(=O)c3ncc[nH]3)c2C(=O)Nn2ncc3cc(S(=O)(=O)c4cc(F)cc(F)c4)ccc32)CC1. The average molecular weight is 621 g/mol. The van der Waals surface area contributed by atoms with Crippen LogP contribution in [0.2, 0.25) is 0 Å². The Morgan fingerprint density at radius 2 is 1.68 bits per heavy atom. The Morgan fingerprint density at radius 1 is 0.932 bits per heavy atom. The van der Waals surface area contributed by atoms with E-state index in [4.69, 9.17) is 0 Å². The molecule has 0 unspecified atom stereocenters. The van der Waals surface area contributed by atoms with Crippen molar-refractivity contribution in [2.75, 3.05) is 48.9 Å². The molecule has 15 heteroatoms. The van der Waals surface area contributed by atoms with Crippen molar-refractivity contribution in [3.05, 3.63) is 96.2 Å². The summed E-state index contributed by atoms with van der Waals surface area (Å²) in [4.78, 5) is 38.2. The number of imidazole rings is 1. The van der Waals surface area contributed by atoms with Crippen LogP contribution in [0.15, 0.2) is 83.0 Å². The molecule has 0 saturated carbocycles. The van der Waals surface area contributed by atoms with E-state index >= 15 is 0 Å². The maximum atomic E-state index is 13.9. The maximum absolute atomic E-state index is 13.9. The van der Waals surface area contributed by atoms with Crippen LogP contribution in [-0.4, -0.2) is 78.2 Å². The molecule has 3 aromatic carbocycles. The second kappa shape index (κ2) is 11.5. The number of fused-ring (bicyclic) bond motifs is 1. The molecule has 2 amide bonds. The number of benzene rings is 3. The largest absolute Gasteiger partial charge is 0.368 e. The lowest BCUT2D eigenvalue weighted by atomic mass is 10.1. The van der Waals surface area contributed by atoms with Gasteiger partial charge in [0.2, 0.25) is 9.84 Å². The number of piperazine rings is 1. The van der Waals surface area contributed by atoms with E-state index in [1.165, 1.54) is 41.6 Å². The highest BCUT2D eigenvalue weighted by atomic mass is 32.2. The van der Waals surface area contributed by atoms with Crippen LogP contribution in [0.1, 0.15) is 21.0 Å². The first kappa shape index (κ1) is 28.9. The number of nitrogens with one attached hydrogen (secondary N) is 3. The zero-order valence-electron chi connectivity index (χ0n) is 23.3. The van der Waals surface area contributed by atoms with Crippen molar-refractivity contribution >= 4 is 43.9 Å². The number of anilines is 2. The first-order valence-corrected chi connectivity index (χ1v) is 15.0. The fourth-order valence-corrected chi connectivity index (χ4v) is 6.34. The van der Waals surface area contributed by atoms with Gasteiger partial charge in [0.1, 0.15) is 11.6 Å². The number of aromatic nitrogens is 4. The number of sulfone groups is 1. The van der Waals surface area contributed by atoms with Crippen LogP contribution < -0.4 is 15.6 Å². The van der Waals surface area contributed by atoms with E-state index in [-0.39, 0.29) is 22.0 Å². The Morgan fingerprint density at radius 3 is 2.39 bits per heavy atom. The van der Waals surface area contributed by atoms with Crippen molar-refractivity contribution in [2.45, 2.75) is 9.79 Å². The fraction of sp³-hybridized carbons (Fsp3) is 0.172. The lowest BCUT2D eigenvalue weighted by Gasteiger charge is -2.35. The molecular formula is C29H26F2N8O4S. The Hall–Kier alpha value is -5.15. The van der Waals surface area contributed by atoms with Crippen LogP contribution in [0.5, 0.6) is 0 Å². The van der Waals surface area contributed by atoms with Gasteiger partial charge in [-0.15, -0.1) is 0 Å². The molecule has 0 atom stereocenters. The number of carbonyl (C=O) groups excluding carboxylic acids is 2. The van der Waals surface area contributed by atoms with E-state index in [2.05, 4.69) is 35.6 Å². The summed E-state index contributed by atoms with van der Waals surface area (Å²) < 4.78 is 53.7. The second-order valence-electron chi connectivity index (χ2n) is 10.2. The first-order valence-electron chi connectivity index (χ1n) is 13.5. The minimum absolute atomic E-state index is 0.0752. The van der Waals surface area contributed by atoms with Gasteiger partial charge in [-0.1, -0.05) is 6.07 Å². The number of rotatable bonds is 7. The zero-order valence-corrected chi connectivity index (χ0v) is 24.1. The van der Waals surface area contributed by atoms with Gasteiger partial charge in [0.25, 0.3) is 11.8 Å². The van der Waals surface area contributed by atoms with Gasteiger partial charge in [-0.2, -0.15) is 9.89 Å². The molecule has 3 heterocycles. The number of nitrogens with zero attached hydrogens (tertiary/aromatic N) is 5. The number of H-pyrrole nitrogens is 1. The average Bonchev–Trinajstić information content (AvgIpc) is 3.68. The topological polar surface area (TPSA) is 145 Å². The van der Waals surface area contributed by atoms with Crippen LogP contribution in [0.25, 0.3) is 10.9 Å². The molecule has 1 aliphatic heterocycles.